The van der Waals surface area contributed by atoms with Gasteiger partial charge in [0.25, 0.3) is 0 Å². The van der Waals surface area contributed by atoms with Gasteiger partial charge in [0.2, 0.25) is 0 Å². The molecule has 0 aromatic rings. The Kier molecular flexibility index (Phi) is 0.945. The number of likely N-dealkylation sites (tertiary alicyclic amines) is 1. The molecule has 9 heavy (non-hydrogen) atoms. The Morgan fingerprint density at radius 2 is 2.00 bits per heavy atom. The van der Waals surface area contributed by atoms with Gasteiger partial charge in [-0.1, -0.05) is 0 Å². The van der Waals surface area contributed by atoms with E-state index in [4.69, 9.17) is 0 Å². The van der Waals surface area contributed by atoms with E-state index in [1.807, 2.05) is 0 Å². The molecule has 0 aromatic carbocycles. The van der Waals surface area contributed by atoms with Gasteiger partial charge in [-0.15, -0.1) is 0 Å². The standard InChI is InChI=1S/C7H13NO/c1-8-4-6(5-8)7(9)2-3-7/h6,9H,2-5H2,1H3. The number of nitrogens with zero attached hydrogens (tertiary/aromatic N) is 1. The average Bonchev–Trinajstić information content (AvgIpc) is 2.41. The van der Waals surface area contributed by atoms with Crippen molar-refractivity contribution in [1.29, 1.82) is 0 Å². The van der Waals surface area contributed by atoms with Crippen LogP contribution >= 0.6 is 0 Å². The first-order valence-electron chi connectivity index (χ1n) is 3.62. The summed E-state index contributed by atoms with van der Waals surface area (Å²) in [5, 5.41) is 9.54. The minimum Gasteiger partial charge on any atom is -0.389 e. The van der Waals surface area contributed by atoms with Crippen LogP contribution in [0.3, 0.4) is 0 Å². The minimum atomic E-state index is -0.216. The van der Waals surface area contributed by atoms with E-state index in [1.165, 1.54) is 0 Å². The minimum absolute atomic E-state index is 0.216. The monoisotopic (exact) mass is 127 g/mol. The molecule has 1 saturated carbocycles. The second-order valence-corrected chi connectivity index (χ2v) is 3.52. The summed E-state index contributed by atoms with van der Waals surface area (Å²) in [6.45, 7) is 2.22. The summed E-state index contributed by atoms with van der Waals surface area (Å²) in [5.41, 5.74) is -0.216. The highest BCUT2D eigenvalue weighted by molar-refractivity contribution is 5.04. The summed E-state index contributed by atoms with van der Waals surface area (Å²) in [5.74, 6) is 0.600. The van der Waals surface area contributed by atoms with E-state index >= 15 is 0 Å². The van der Waals surface area contributed by atoms with Crippen LogP contribution in [0.15, 0.2) is 0 Å². The van der Waals surface area contributed by atoms with Crippen LogP contribution in [0.25, 0.3) is 0 Å². The molecule has 0 bridgehead atoms. The van der Waals surface area contributed by atoms with Gasteiger partial charge in [0.15, 0.2) is 0 Å². The Morgan fingerprint density at radius 1 is 1.44 bits per heavy atom. The molecule has 0 atom stereocenters. The van der Waals surface area contributed by atoms with Crippen LogP contribution in [-0.4, -0.2) is 35.7 Å². The van der Waals surface area contributed by atoms with E-state index < -0.39 is 0 Å². The molecule has 0 unspecified atom stereocenters. The van der Waals surface area contributed by atoms with Crippen molar-refractivity contribution in [1.82, 2.24) is 4.90 Å². The fourth-order valence-corrected chi connectivity index (χ4v) is 1.58. The first-order chi connectivity index (χ1) is 4.21. The van der Waals surface area contributed by atoms with Crippen molar-refractivity contribution in [3.8, 4) is 0 Å². The van der Waals surface area contributed by atoms with Crippen LogP contribution in [0.4, 0.5) is 0 Å². The van der Waals surface area contributed by atoms with Gasteiger partial charge < -0.3 is 10.0 Å². The van der Waals surface area contributed by atoms with E-state index in [-0.39, 0.29) is 5.60 Å². The zero-order valence-corrected chi connectivity index (χ0v) is 5.80. The first-order valence-corrected chi connectivity index (χ1v) is 3.62. The van der Waals surface area contributed by atoms with Gasteiger partial charge in [-0.2, -0.15) is 0 Å². The molecule has 1 heterocycles. The number of hydrogen-bond donors (Lipinski definition) is 1. The number of hydrogen-bond acceptors (Lipinski definition) is 2. The molecule has 0 radical (unpaired) electrons. The fourth-order valence-electron chi connectivity index (χ4n) is 1.58. The third-order valence-electron chi connectivity index (χ3n) is 2.59. The Bertz CT molecular complexity index is 125. The Morgan fingerprint density at radius 3 is 2.33 bits per heavy atom. The summed E-state index contributed by atoms with van der Waals surface area (Å²) in [6.07, 6.45) is 2.09. The van der Waals surface area contributed by atoms with E-state index in [2.05, 4.69) is 11.9 Å². The predicted molar refractivity (Wildman–Crippen MR) is 35.2 cm³/mol. The van der Waals surface area contributed by atoms with Gasteiger partial charge in [-0.05, 0) is 19.9 Å². The van der Waals surface area contributed by atoms with Crippen molar-refractivity contribution in [2.24, 2.45) is 5.92 Å². The molecular formula is C7H13NO. The molecule has 0 aromatic heterocycles. The van der Waals surface area contributed by atoms with Crippen molar-refractivity contribution in [2.75, 3.05) is 20.1 Å². The lowest BCUT2D eigenvalue weighted by Gasteiger charge is -2.39. The molecule has 1 aliphatic heterocycles. The van der Waals surface area contributed by atoms with Crippen LogP contribution in [0, 0.1) is 5.92 Å². The third kappa shape index (κ3) is 0.775. The molecule has 1 N–H and O–H groups in total. The Hall–Kier alpha value is -0.0800. The van der Waals surface area contributed by atoms with Gasteiger partial charge in [-0.25, -0.2) is 0 Å². The molecule has 2 fully saturated rings. The fraction of sp³-hybridized carbons (Fsp3) is 1.00. The molecule has 2 heteroatoms. The van der Waals surface area contributed by atoms with Gasteiger partial charge in [0.1, 0.15) is 0 Å². The van der Waals surface area contributed by atoms with Crippen LogP contribution < -0.4 is 0 Å². The maximum absolute atomic E-state index is 9.54. The number of aliphatic hydroxyl groups is 1. The highest BCUT2D eigenvalue weighted by Crippen LogP contribution is 2.45. The van der Waals surface area contributed by atoms with Crippen LogP contribution in [0.2, 0.25) is 0 Å². The molecule has 52 valence electrons. The van der Waals surface area contributed by atoms with Gasteiger partial charge in [0.05, 0.1) is 5.60 Å². The van der Waals surface area contributed by atoms with Crippen LogP contribution in [-0.2, 0) is 0 Å². The molecular weight excluding hydrogens is 114 g/mol. The molecule has 2 nitrogen and oxygen atoms in total. The summed E-state index contributed by atoms with van der Waals surface area (Å²) in [7, 11) is 2.10. The lowest BCUT2D eigenvalue weighted by atomic mass is 9.92. The second kappa shape index (κ2) is 1.50. The zero-order chi connectivity index (χ0) is 6.48. The lowest BCUT2D eigenvalue weighted by Crippen LogP contribution is -2.50. The van der Waals surface area contributed by atoms with E-state index in [0.717, 1.165) is 25.9 Å². The molecule has 0 spiro atoms. The maximum Gasteiger partial charge on any atom is 0.0702 e. The lowest BCUT2D eigenvalue weighted by molar-refractivity contribution is -0.00806. The summed E-state index contributed by atoms with van der Waals surface area (Å²) >= 11 is 0. The predicted octanol–water partition coefficient (Wildman–Crippen LogP) is 0.0729. The van der Waals surface area contributed by atoms with Crippen LogP contribution in [0.1, 0.15) is 12.8 Å². The van der Waals surface area contributed by atoms with Gasteiger partial charge in [-0.3, -0.25) is 0 Å². The molecule has 0 amide bonds. The molecule has 2 rings (SSSR count). The highest BCUT2D eigenvalue weighted by atomic mass is 16.3. The third-order valence-corrected chi connectivity index (χ3v) is 2.59. The van der Waals surface area contributed by atoms with E-state index in [0.29, 0.717) is 5.92 Å². The Labute approximate surface area is 55.5 Å². The van der Waals surface area contributed by atoms with Gasteiger partial charge in [0, 0.05) is 19.0 Å². The SMILES string of the molecule is CN1CC(C2(O)CC2)C1. The summed E-state index contributed by atoms with van der Waals surface area (Å²) in [4.78, 5) is 2.25. The zero-order valence-electron chi connectivity index (χ0n) is 5.80. The first kappa shape index (κ1) is 5.69. The normalized spacial score (nSPS) is 34.0. The topological polar surface area (TPSA) is 23.5 Å². The maximum atomic E-state index is 9.54. The van der Waals surface area contributed by atoms with Crippen molar-refractivity contribution < 1.29 is 5.11 Å². The quantitative estimate of drug-likeness (QED) is 0.539. The summed E-state index contributed by atoms with van der Waals surface area (Å²) in [6, 6.07) is 0. The Balaban J connectivity index is 1.89. The number of rotatable bonds is 1. The highest BCUT2D eigenvalue weighted by Gasteiger charge is 2.51. The van der Waals surface area contributed by atoms with Crippen LogP contribution in [0.5, 0.6) is 0 Å². The van der Waals surface area contributed by atoms with Crippen molar-refractivity contribution in [2.45, 2.75) is 18.4 Å². The summed E-state index contributed by atoms with van der Waals surface area (Å²) < 4.78 is 0. The molecule has 2 aliphatic rings. The second-order valence-electron chi connectivity index (χ2n) is 3.52. The van der Waals surface area contributed by atoms with Crippen molar-refractivity contribution >= 4 is 0 Å². The average molecular weight is 127 g/mol. The smallest absolute Gasteiger partial charge is 0.0702 e. The largest absolute Gasteiger partial charge is 0.389 e. The molecule has 1 aliphatic carbocycles. The molecule has 1 saturated heterocycles. The van der Waals surface area contributed by atoms with E-state index in [1.54, 1.807) is 0 Å². The van der Waals surface area contributed by atoms with Gasteiger partial charge >= 0.3 is 0 Å². The van der Waals surface area contributed by atoms with Crippen molar-refractivity contribution in [3.63, 3.8) is 0 Å². The van der Waals surface area contributed by atoms with E-state index in [9.17, 15) is 5.11 Å². The van der Waals surface area contributed by atoms with Crippen molar-refractivity contribution in [3.05, 3.63) is 0 Å².